The number of thiophene rings is 1. The quantitative estimate of drug-likeness (QED) is 0.601. The van der Waals surface area contributed by atoms with Crippen LogP contribution in [0.1, 0.15) is 10.6 Å². The molecular formula is C7H6N2OS. The zero-order valence-electron chi connectivity index (χ0n) is 5.94. The molecule has 2 aromatic rings. The van der Waals surface area contributed by atoms with Gasteiger partial charge in [0, 0.05) is 7.05 Å². The smallest absolute Gasteiger partial charge is 0.185 e. The molecule has 0 aliphatic rings. The van der Waals surface area contributed by atoms with E-state index >= 15 is 0 Å². The Bertz CT molecular complexity index is 401. The lowest BCUT2D eigenvalue weighted by Crippen LogP contribution is -1.94. The Morgan fingerprint density at radius 3 is 3.18 bits per heavy atom. The fourth-order valence-electron chi connectivity index (χ4n) is 1.04. The van der Waals surface area contributed by atoms with Crippen LogP contribution < -0.4 is 0 Å². The number of imidazole rings is 1. The molecule has 0 aromatic carbocycles. The van der Waals surface area contributed by atoms with Crippen LogP contribution in [0, 0.1) is 0 Å². The summed E-state index contributed by atoms with van der Waals surface area (Å²) in [6.07, 6.45) is 0.771. The van der Waals surface area contributed by atoms with E-state index in [2.05, 4.69) is 4.98 Å². The molecule has 0 bridgehead atoms. The maximum Gasteiger partial charge on any atom is 0.185 e. The molecule has 0 saturated heterocycles. The van der Waals surface area contributed by atoms with Crippen LogP contribution in [0.15, 0.2) is 11.4 Å². The number of carbonyl (C=O) groups is 1. The molecule has 0 spiro atoms. The predicted molar refractivity (Wildman–Crippen MR) is 44.0 cm³/mol. The third kappa shape index (κ3) is 0.793. The lowest BCUT2D eigenvalue weighted by atomic mass is 10.5. The fourth-order valence-corrected chi connectivity index (χ4v) is 1.84. The summed E-state index contributed by atoms with van der Waals surface area (Å²) in [5, 5.41) is 1.96. The molecule has 0 unspecified atom stereocenters. The van der Waals surface area contributed by atoms with Crippen LogP contribution in [0.4, 0.5) is 0 Å². The summed E-state index contributed by atoms with van der Waals surface area (Å²) in [5.41, 5.74) is 1.03. The summed E-state index contributed by atoms with van der Waals surface area (Å²) < 4.78 is 1.79. The van der Waals surface area contributed by atoms with Crippen LogP contribution in [-0.4, -0.2) is 15.8 Å². The Hall–Kier alpha value is -1.16. The standard InChI is InChI=1S/C7H6N2OS/c1-9-5-2-3-11-7(5)8-6(9)4-10/h2-4H,1H3. The number of rotatable bonds is 1. The second-order valence-electron chi connectivity index (χ2n) is 2.26. The second kappa shape index (κ2) is 2.17. The first-order valence-electron chi connectivity index (χ1n) is 3.18. The first-order chi connectivity index (χ1) is 5.33. The van der Waals surface area contributed by atoms with Crippen molar-refractivity contribution < 1.29 is 4.79 Å². The van der Waals surface area contributed by atoms with E-state index in [1.54, 1.807) is 15.9 Å². The number of carbonyl (C=O) groups excluding carboxylic acids is 1. The number of aryl methyl sites for hydroxylation is 1. The van der Waals surface area contributed by atoms with Crippen molar-refractivity contribution in [3.8, 4) is 0 Å². The van der Waals surface area contributed by atoms with Crippen molar-refractivity contribution in [2.45, 2.75) is 0 Å². The molecule has 11 heavy (non-hydrogen) atoms. The van der Waals surface area contributed by atoms with Crippen LogP contribution in [0.5, 0.6) is 0 Å². The van der Waals surface area contributed by atoms with Gasteiger partial charge in [-0.15, -0.1) is 11.3 Å². The molecule has 0 atom stereocenters. The molecule has 3 nitrogen and oxygen atoms in total. The van der Waals surface area contributed by atoms with Gasteiger partial charge >= 0.3 is 0 Å². The number of fused-ring (bicyclic) bond motifs is 1. The molecule has 0 aliphatic carbocycles. The minimum absolute atomic E-state index is 0.492. The van der Waals surface area contributed by atoms with Gasteiger partial charge in [-0.3, -0.25) is 4.79 Å². The third-order valence-corrected chi connectivity index (χ3v) is 2.45. The highest BCUT2D eigenvalue weighted by molar-refractivity contribution is 7.16. The van der Waals surface area contributed by atoms with Crippen molar-refractivity contribution >= 4 is 28.0 Å². The van der Waals surface area contributed by atoms with Crippen LogP contribution in [0.3, 0.4) is 0 Å². The molecule has 2 aromatic heterocycles. The van der Waals surface area contributed by atoms with E-state index in [0.717, 1.165) is 16.6 Å². The maximum atomic E-state index is 10.4. The van der Waals surface area contributed by atoms with E-state index < -0.39 is 0 Å². The van der Waals surface area contributed by atoms with Gasteiger partial charge < -0.3 is 4.57 Å². The summed E-state index contributed by atoms with van der Waals surface area (Å²) in [7, 11) is 1.84. The van der Waals surface area contributed by atoms with Gasteiger partial charge in [-0.25, -0.2) is 4.98 Å². The second-order valence-corrected chi connectivity index (χ2v) is 3.15. The Morgan fingerprint density at radius 1 is 1.73 bits per heavy atom. The van der Waals surface area contributed by atoms with Gasteiger partial charge in [-0.05, 0) is 11.4 Å². The summed E-state index contributed by atoms with van der Waals surface area (Å²) in [4.78, 5) is 15.4. The highest BCUT2D eigenvalue weighted by Gasteiger charge is 2.05. The molecule has 0 amide bonds. The zero-order valence-corrected chi connectivity index (χ0v) is 6.76. The molecular weight excluding hydrogens is 160 g/mol. The highest BCUT2D eigenvalue weighted by Crippen LogP contribution is 2.19. The van der Waals surface area contributed by atoms with Crippen molar-refractivity contribution in [3.05, 3.63) is 17.3 Å². The van der Waals surface area contributed by atoms with Crippen molar-refractivity contribution in [2.75, 3.05) is 0 Å². The number of nitrogens with zero attached hydrogens (tertiary/aromatic N) is 2. The number of hydrogen-bond acceptors (Lipinski definition) is 3. The summed E-state index contributed by atoms with van der Waals surface area (Å²) in [6, 6.07) is 1.96. The molecule has 2 heterocycles. The minimum Gasteiger partial charge on any atom is -0.324 e. The van der Waals surface area contributed by atoms with Crippen molar-refractivity contribution in [1.82, 2.24) is 9.55 Å². The molecule has 0 saturated carbocycles. The van der Waals surface area contributed by atoms with Crippen LogP contribution in [0.25, 0.3) is 10.3 Å². The van der Waals surface area contributed by atoms with E-state index in [1.165, 1.54) is 0 Å². The SMILES string of the molecule is Cn1c(C=O)nc2sccc21. The van der Waals surface area contributed by atoms with Crippen molar-refractivity contribution in [3.63, 3.8) is 0 Å². The topological polar surface area (TPSA) is 34.9 Å². The maximum absolute atomic E-state index is 10.4. The highest BCUT2D eigenvalue weighted by atomic mass is 32.1. The lowest BCUT2D eigenvalue weighted by molar-refractivity contribution is 0.111. The van der Waals surface area contributed by atoms with Crippen LogP contribution >= 0.6 is 11.3 Å². The first-order valence-corrected chi connectivity index (χ1v) is 4.06. The van der Waals surface area contributed by atoms with Crippen molar-refractivity contribution in [1.29, 1.82) is 0 Å². The Balaban J connectivity index is 2.86. The first kappa shape index (κ1) is 6.54. The predicted octanol–water partition coefficient (Wildman–Crippen LogP) is 1.45. The third-order valence-electron chi connectivity index (χ3n) is 1.65. The van der Waals surface area contributed by atoms with Gasteiger partial charge in [-0.1, -0.05) is 0 Å². The average molecular weight is 166 g/mol. The van der Waals surface area contributed by atoms with Gasteiger partial charge in [0.05, 0.1) is 5.52 Å². The molecule has 0 N–H and O–H groups in total. The van der Waals surface area contributed by atoms with E-state index in [9.17, 15) is 4.79 Å². The fraction of sp³-hybridized carbons (Fsp3) is 0.143. The van der Waals surface area contributed by atoms with E-state index in [1.807, 2.05) is 18.5 Å². The van der Waals surface area contributed by atoms with Gasteiger partial charge in [0.1, 0.15) is 4.83 Å². The average Bonchev–Trinajstić information content (AvgIpc) is 2.53. The lowest BCUT2D eigenvalue weighted by Gasteiger charge is -1.90. The van der Waals surface area contributed by atoms with Gasteiger partial charge in [0.25, 0.3) is 0 Å². The molecule has 0 radical (unpaired) electrons. The van der Waals surface area contributed by atoms with Gasteiger partial charge in [0.2, 0.25) is 0 Å². The number of aromatic nitrogens is 2. The van der Waals surface area contributed by atoms with Gasteiger partial charge in [-0.2, -0.15) is 0 Å². The molecule has 56 valence electrons. The molecule has 0 fully saturated rings. The Kier molecular flexibility index (Phi) is 1.29. The Labute approximate surface area is 67.3 Å². The number of hydrogen-bond donors (Lipinski definition) is 0. The van der Waals surface area contributed by atoms with Crippen LogP contribution in [0.2, 0.25) is 0 Å². The molecule has 4 heteroatoms. The van der Waals surface area contributed by atoms with Crippen molar-refractivity contribution in [2.24, 2.45) is 7.05 Å². The van der Waals surface area contributed by atoms with Gasteiger partial charge in [0.15, 0.2) is 12.1 Å². The normalized spacial score (nSPS) is 10.6. The molecule has 0 aliphatic heterocycles. The summed E-state index contributed by atoms with van der Waals surface area (Å²) in [6.45, 7) is 0. The monoisotopic (exact) mass is 166 g/mol. The van der Waals surface area contributed by atoms with E-state index in [4.69, 9.17) is 0 Å². The Morgan fingerprint density at radius 2 is 2.55 bits per heavy atom. The minimum atomic E-state index is 0.492. The number of aldehydes is 1. The zero-order chi connectivity index (χ0) is 7.84. The summed E-state index contributed by atoms with van der Waals surface area (Å²) in [5.74, 6) is 0.492. The molecule has 2 rings (SSSR count). The van der Waals surface area contributed by atoms with E-state index in [0.29, 0.717) is 5.82 Å². The largest absolute Gasteiger partial charge is 0.324 e. The van der Waals surface area contributed by atoms with Crippen LogP contribution in [-0.2, 0) is 7.05 Å². The summed E-state index contributed by atoms with van der Waals surface area (Å²) >= 11 is 1.55. The van der Waals surface area contributed by atoms with E-state index in [-0.39, 0.29) is 0 Å².